The Labute approximate surface area is 408 Å². The minimum atomic E-state index is -1.05. The van der Waals surface area contributed by atoms with Crippen LogP contribution in [0.15, 0.2) is 168 Å². The lowest BCUT2D eigenvalue weighted by Crippen LogP contribution is -2.62. The normalized spacial score (nSPS) is 19.6. The summed E-state index contributed by atoms with van der Waals surface area (Å²) in [4.78, 5) is 40.5. The van der Waals surface area contributed by atoms with Crippen LogP contribution in [-0.4, -0.2) is 35.8 Å². The molecule has 0 saturated carbocycles. The van der Waals surface area contributed by atoms with Crippen molar-refractivity contribution in [2.75, 3.05) is 9.80 Å². The molecule has 10 heteroatoms. The molecule has 7 aromatic rings. The van der Waals surface area contributed by atoms with Crippen molar-refractivity contribution in [1.29, 1.82) is 0 Å². The first-order valence-corrected chi connectivity index (χ1v) is 23.7. The van der Waals surface area contributed by atoms with Crippen molar-refractivity contribution >= 4 is 68.7 Å². The molecule has 10 nitrogen and oxygen atoms in total. The number of benzene rings is 7. The van der Waals surface area contributed by atoms with Crippen molar-refractivity contribution in [3.63, 3.8) is 0 Å². The fraction of sp³-hybridized carbons (Fsp3) is 0.233. The van der Waals surface area contributed by atoms with E-state index in [1.165, 1.54) is 0 Å². The maximum Gasteiger partial charge on any atom is 0.333 e. The molecule has 4 aliphatic heterocycles. The van der Waals surface area contributed by atoms with E-state index in [9.17, 15) is 9.59 Å². The molecule has 0 aromatic heterocycles. The van der Waals surface area contributed by atoms with Crippen molar-refractivity contribution in [2.45, 2.75) is 90.1 Å². The summed E-state index contributed by atoms with van der Waals surface area (Å²) in [5.41, 5.74) is 6.84. The zero-order chi connectivity index (χ0) is 48.7. The summed E-state index contributed by atoms with van der Waals surface area (Å²) in [5, 5.41) is 3.85. The van der Waals surface area contributed by atoms with E-state index in [0.29, 0.717) is 47.1 Å². The number of carbonyl (C=O) groups excluding carboxylic acids is 2. The lowest BCUT2D eigenvalue weighted by molar-refractivity contribution is -0.141. The lowest BCUT2D eigenvalue weighted by Gasteiger charge is -2.47. The van der Waals surface area contributed by atoms with E-state index >= 15 is 0 Å². The molecule has 70 heavy (non-hydrogen) atoms. The number of rotatable bonds is 10. The van der Waals surface area contributed by atoms with Crippen LogP contribution in [0.5, 0.6) is 11.5 Å². The van der Waals surface area contributed by atoms with Gasteiger partial charge in [0.2, 0.25) is 11.4 Å². The van der Waals surface area contributed by atoms with E-state index in [2.05, 4.69) is 123 Å². The zero-order valence-corrected chi connectivity index (χ0v) is 40.3. The minimum absolute atomic E-state index is 0.00557. The summed E-state index contributed by atoms with van der Waals surface area (Å²) in [6.07, 6.45) is 3.93. The second-order valence-electron chi connectivity index (χ2n) is 20.0. The van der Waals surface area contributed by atoms with Crippen molar-refractivity contribution in [1.82, 2.24) is 0 Å². The van der Waals surface area contributed by atoms with Gasteiger partial charge in [-0.1, -0.05) is 122 Å². The van der Waals surface area contributed by atoms with Gasteiger partial charge in [0.15, 0.2) is 11.5 Å². The van der Waals surface area contributed by atoms with E-state index in [1.54, 1.807) is 13.8 Å². The number of hydrogen-bond acceptors (Lipinski definition) is 10. The molecule has 350 valence electrons. The summed E-state index contributed by atoms with van der Waals surface area (Å²) in [6, 6.07) is 45.8. The van der Waals surface area contributed by atoms with Gasteiger partial charge >= 0.3 is 11.9 Å². The summed E-state index contributed by atoms with van der Waals surface area (Å²) in [6.45, 7) is 20.7. The second kappa shape index (κ2) is 16.3. The van der Waals surface area contributed by atoms with Gasteiger partial charge in [-0.05, 0) is 98.8 Å². The number of nitrogens with zero attached hydrogens (tertiary/aromatic N) is 4. The van der Waals surface area contributed by atoms with Crippen molar-refractivity contribution in [3.05, 3.63) is 191 Å². The van der Waals surface area contributed by atoms with Gasteiger partial charge in [0.05, 0.1) is 23.3 Å². The highest BCUT2D eigenvalue weighted by Crippen LogP contribution is 2.58. The van der Waals surface area contributed by atoms with Crippen molar-refractivity contribution in [2.24, 2.45) is 9.98 Å². The van der Waals surface area contributed by atoms with E-state index in [4.69, 9.17) is 28.9 Å². The largest absolute Gasteiger partial charge is 0.459 e. The van der Waals surface area contributed by atoms with Crippen LogP contribution in [0.2, 0.25) is 0 Å². The average Bonchev–Trinajstić information content (AvgIpc) is 3.65. The highest BCUT2D eigenvalue weighted by Gasteiger charge is 2.61. The van der Waals surface area contributed by atoms with Crippen LogP contribution in [-0.2, 0) is 56.2 Å². The van der Waals surface area contributed by atoms with Gasteiger partial charge in [-0.3, -0.25) is 9.98 Å². The standard InChI is InChI=1S/C60H54N4O6/c1-37(2)55(65)67-33-43-29-41-17-9-11-19-45(41)51-53(43)69-59(35-61-51)57(5,6)47-21-13-15-23-49(47)63(59)31-39-25-27-40(28-26-39)32-64-50-24-16-14-22-48(50)58(7,8)60(64)36-62-52-46-20-12-10-18-42(46)30-44(54(52)70-60)34-68-56(66)38(3)4/h9-30,35-36H,1,3,31-34H2,2,4-8H3. The molecule has 2 atom stereocenters. The first-order chi connectivity index (χ1) is 33.6. The molecule has 0 saturated heterocycles. The number of esters is 2. The molecule has 0 fully saturated rings. The third kappa shape index (κ3) is 6.75. The SMILES string of the molecule is C=C(C)C(=O)OCc1cc2ccccc2c2c1OC1(C=N2)N(Cc2ccc(CN3c4ccccc4C(C)(C)C34C=Nc3c(c(COC(=O)C(=C)C)cc5ccccc35)O4)cc2)c2ccccc2C1(C)C. The van der Waals surface area contributed by atoms with Gasteiger partial charge < -0.3 is 28.7 Å². The molecular weight excluding hydrogens is 873 g/mol. The maximum absolute atomic E-state index is 12.7. The van der Waals surface area contributed by atoms with E-state index in [-0.39, 0.29) is 13.2 Å². The zero-order valence-electron chi connectivity index (χ0n) is 40.3. The monoisotopic (exact) mass is 926 g/mol. The Balaban J connectivity index is 0.942. The maximum atomic E-state index is 12.7. The molecule has 0 N–H and O–H groups in total. The molecule has 0 bridgehead atoms. The smallest absolute Gasteiger partial charge is 0.333 e. The van der Waals surface area contributed by atoms with Gasteiger partial charge in [0.25, 0.3) is 0 Å². The molecule has 4 aliphatic rings. The number of para-hydroxylation sites is 2. The van der Waals surface area contributed by atoms with Crippen LogP contribution in [0.25, 0.3) is 21.5 Å². The number of fused-ring (bicyclic) bond motifs is 8. The van der Waals surface area contributed by atoms with Gasteiger partial charge in [0.1, 0.15) is 24.6 Å². The number of anilines is 2. The van der Waals surface area contributed by atoms with E-state index in [1.807, 2.05) is 73.1 Å². The predicted molar refractivity (Wildman–Crippen MR) is 278 cm³/mol. The van der Waals surface area contributed by atoms with E-state index < -0.39 is 34.2 Å². The topological polar surface area (TPSA) is 102 Å². The Hall–Kier alpha value is -7.98. The highest BCUT2D eigenvalue weighted by molar-refractivity contribution is 6.02. The van der Waals surface area contributed by atoms with Crippen LogP contribution < -0.4 is 19.3 Å². The van der Waals surface area contributed by atoms with E-state index in [0.717, 1.165) is 66.3 Å². The first kappa shape index (κ1) is 44.5. The summed E-state index contributed by atoms with van der Waals surface area (Å²) >= 11 is 0. The first-order valence-electron chi connectivity index (χ1n) is 23.7. The van der Waals surface area contributed by atoms with Gasteiger partial charge in [0, 0.05) is 57.5 Å². The highest BCUT2D eigenvalue weighted by atomic mass is 16.5. The fourth-order valence-electron chi connectivity index (χ4n) is 10.9. The third-order valence-corrected chi connectivity index (χ3v) is 14.8. The lowest BCUT2D eigenvalue weighted by atomic mass is 9.77. The summed E-state index contributed by atoms with van der Waals surface area (Å²) < 4.78 is 26.4. The Morgan fingerprint density at radius 1 is 0.543 bits per heavy atom. The number of aliphatic imine (C=N–C) groups is 2. The Morgan fingerprint density at radius 2 is 0.914 bits per heavy atom. The second-order valence-corrected chi connectivity index (χ2v) is 20.0. The molecule has 0 aliphatic carbocycles. The molecular formula is C60H54N4O6. The third-order valence-electron chi connectivity index (χ3n) is 14.8. The average molecular weight is 927 g/mol. The minimum Gasteiger partial charge on any atom is -0.459 e. The Kier molecular flexibility index (Phi) is 10.4. The predicted octanol–water partition coefficient (Wildman–Crippen LogP) is 12.8. The van der Waals surface area contributed by atoms with Crippen LogP contribution in [0.4, 0.5) is 22.7 Å². The molecule has 7 aromatic carbocycles. The number of ether oxygens (including phenoxy) is 4. The van der Waals surface area contributed by atoms with Gasteiger partial charge in [-0.2, -0.15) is 0 Å². The number of carbonyl (C=O) groups is 2. The van der Waals surface area contributed by atoms with Crippen LogP contribution in [0, 0.1) is 0 Å². The molecule has 0 amide bonds. The molecule has 2 spiro atoms. The van der Waals surface area contributed by atoms with Crippen LogP contribution in [0.1, 0.15) is 74.9 Å². The molecule has 0 radical (unpaired) electrons. The summed E-state index contributed by atoms with van der Waals surface area (Å²) in [7, 11) is 0. The fourth-order valence-corrected chi connectivity index (χ4v) is 10.9. The quantitative estimate of drug-likeness (QED) is 0.0987. The van der Waals surface area contributed by atoms with Crippen molar-refractivity contribution < 1.29 is 28.5 Å². The van der Waals surface area contributed by atoms with Gasteiger partial charge in [-0.25, -0.2) is 9.59 Å². The Morgan fingerprint density at radius 3 is 1.31 bits per heavy atom. The van der Waals surface area contributed by atoms with Gasteiger partial charge in [-0.15, -0.1) is 0 Å². The Bertz CT molecular complexity index is 3200. The van der Waals surface area contributed by atoms with Crippen molar-refractivity contribution in [3.8, 4) is 11.5 Å². The summed E-state index contributed by atoms with van der Waals surface area (Å²) in [5.74, 6) is 0.246. The van der Waals surface area contributed by atoms with Crippen LogP contribution in [0.3, 0.4) is 0 Å². The molecule has 2 unspecified atom stereocenters. The number of hydrogen-bond donors (Lipinski definition) is 0. The molecule has 4 heterocycles. The molecule has 11 rings (SSSR count). The van der Waals surface area contributed by atoms with Crippen LogP contribution >= 0.6 is 0 Å².